The molecule has 1 aliphatic rings. The third-order valence-corrected chi connectivity index (χ3v) is 5.20. The predicted octanol–water partition coefficient (Wildman–Crippen LogP) is 0.988. The first kappa shape index (κ1) is 18.4. The van der Waals surface area contributed by atoms with Crippen LogP contribution in [-0.2, 0) is 4.79 Å². The maximum atomic E-state index is 12.3. The van der Waals surface area contributed by atoms with Crippen molar-refractivity contribution in [2.75, 3.05) is 47.3 Å². The summed E-state index contributed by atoms with van der Waals surface area (Å²) in [7, 11) is 6.42. The number of likely N-dealkylation sites (N-methyl/N-ethyl adjacent to an activating group) is 2. The molecule has 0 bridgehead atoms. The lowest BCUT2D eigenvalue weighted by Crippen LogP contribution is -2.59. The van der Waals surface area contributed by atoms with Crippen LogP contribution in [0.3, 0.4) is 0 Å². The second-order valence-electron chi connectivity index (χ2n) is 6.55. The number of amides is 1. The molecule has 0 saturated heterocycles. The van der Waals surface area contributed by atoms with Crippen molar-refractivity contribution in [3.05, 3.63) is 0 Å². The Hall–Kier alpha value is -0.650. The molecule has 0 radical (unpaired) electrons. The number of rotatable bonds is 9. The average Bonchev–Trinajstić information content (AvgIpc) is 2.40. The molecular weight excluding hydrogens is 264 g/mol. The van der Waals surface area contributed by atoms with Crippen molar-refractivity contribution >= 4 is 5.91 Å². The average molecular weight is 298 g/mol. The van der Waals surface area contributed by atoms with Gasteiger partial charge in [-0.05, 0) is 54.3 Å². The van der Waals surface area contributed by atoms with Crippen LogP contribution in [0, 0.1) is 0 Å². The molecule has 1 atom stereocenters. The molecule has 5 heteroatoms. The quantitative estimate of drug-likeness (QED) is 0.690. The number of hydrogen-bond acceptors (Lipinski definition) is 4. The minimum absolute atomic E-state index is 0.135. The third-order valence-electron chi connectivity index (χ3n) is 5.20. The molecule has 1 fully saturated rings. The predicted molar refractivity (Wildman–Crippen MR) is 88.3 cm³/mol. The van der Waals surface area contributed by atoms with Gasteiger partial charge in [0.05, 0.1) is 0 Å². The minimum atomic E-state index is 0.135. The van der Waals surface area contributed by atoms with E-state index in [0.717, 1.165) is 19.6 Å². The van der Waals surface area contributed by atoms with E-state index in [1.165, 1.54) is 19.3 Å². The third kappa shape index (κ3) is 4.41. The van der Waals surface area contributed by atoms with E-state index in [9.17, 15) is 4.79 Å². The lowest BCUT2D eigenvalue weighted by molar-refractivity contribution is -0.132. The standard InChI is InChI=1S/C16H34N4O/c1-6-20(7-2)15(21)11-14(12-17)19(5)13-16(18(3)4)9-8-10-16/h14H,6-13,17H2,1-5H3. The fourth-order valence-electron chi connectivity index (χ4n) is 3.25. The highest BCUT2D eigenvalue weighted by Crippen LogP contribution is 2.37. The summed E-state index contributed by atoms with van der Waals surface area (Å²) in [6, 6.07) is 0.135. The number of hydrogen-bond donors (Lipinski definition) is 1. The van der Waals surface area contributed by atoms with E-state index in [1.807, 2.05) is 18.7 Å². The lowest BCUT2D eigenvalue weighted by atomic mass is 9.75. The summed E-state index contributed by atoms with van der Waals surface area (Å²) in [6.45, 7) is 7.13. The number of carbonyl (C=O) groups is 1. The molecule has 1 saturated carbocycles. The topological polar surface area (TPSA) is 52.8 Å². The van der Waals surface area contributed by atoms with Gasteiger partial charge in [-0.15, -0.1) is 0 Å². The van der Waals surface area contributed by atoms with E-state index < -0.39 is 0 Å². The van der Waals surface area contributed by atoms with Crippen molar-refractivity contribution < 1.29 is 4.79 Å². The Morgan fingerprint density at radius 1 is 1.19 bits per heavy atom. The van der Waals surface area contributed by atoms with E-state index in [-0.39, 0.29) is 17.5 Å². The molecule has 124 valence electrons. The molecule has 1 amide bonds. The fraction of sp³-hybridized carbons (Fsp3) is 0.938. The van der Waals surface area contributed by atoms with Crippen molar-refractivity contribution in [1.82, 2.24) is 14.7 Å². The molecule has 0 aliphatic heterocycles. The van der Waals surface area contributed by atoms with Gasteiger partial charge in [-0.1, -0.05) is 0 Å². The molecule has 0 aromatic heterocycles. The van der Waals surface area contributed by atoms with Crippen molar-refractivity contribution in [3.63, 3.8) is 0 Å². The second kappa shape index (κ2) is 8.11. The van der Waals surface area contributed by atoms with Crippen LogP contribution in [0.5, 0.6) is 0 Å². The fourth-order valence-corrected chi connectivity index (χ4v) is 3.25. The molecule has 0 aromatic rings. The highest BCUT2D eigenvalue weighted by Gasteiger charge is 2.40. The summed E-state index contributed by atoms with van der Waals surface area (Å²) < 4.78 is 0. The SMILES string of the molecule is CCN(CC)C(=O)CC(CN)N(C)CC1(N(C)C)CCC1. The summed E-state index contributed by atoms with van der Waals surface area (Å²) >= 11 is 0. The van der Waals surface area contributed by atoms with E-state index in [4.69, 9.17) is 5.73 Å². The van der Waals surface area contributed by atoms with Gasteiger partial charge in [-0.2, -0.15) is 0 Å². The van der Waals surface area contributed by atoms with Crippen molar-refractivity contribution in [2.24, 2.45) is 5.73 Å². The summed E-state index contributed by atoms with van der Waals surface area (Å²) in [5, 5.41) is 0. The van der Waals surface area contributed by atoms with Gasteiger partial charge in [0, 0.05) is 44.2 Å². The Balaban J connectivity index is 2.60. The smallest absolute Gasteiger partial charge is 0.224 e. The van der Waals surface area contributed by atoms with Crippen LogP contribution in [0.15, 0.2) is 0 Å². The van der Waals surface area contributed by atoms with Gasteiger partial charge in [-0.25, -0.2) is 0 Å². The van der Waals surface area contributed by atoms with E-state index in [0.29, 0.717) is 13.0 Å². The van der Waals surface area contributed by atoms with Gasteiger partial charge in [0.2, 0.25) is 5.91 Å². The Bertz CT molecular complexity index is 324. The molecule has 0 heterocycles. The van der Waals surface area contributed by atoms with E-state index in [2.05, 4.69) is 30.9 Å². The van der Waals surface area contributed by atoms with Gasteiger partial charge in [0.15, 0.2) is 0 Å². The highest BCUT2D eigenvalue weighted by atomic mass is 16.2. The van der Waals surface area contributed by atoms with Gasteiger partial charge in [0.25, 0.3) is 0 Å². The minimum Gasteiger partial charge on any atom is -0.343 e. The molecule has 21 heavy (non-hydrogen) atoms. The molecule has 5 nitrogen and oxygen atoms in total. The molecule has 2 N–H and O–H groups in total. The lowest BCUT2D eigenvalue weighted by Gasteiger charge is -2.50. The van der Waals surface area contributed by atoms with Crippen molar-refractivity contribution in [3.8, 4) is 0 Å². The Morgan fingerprint density at radius 3 is 2.10 bits per heavy atom. The zero-order chi connectivity index (χ0) is 16.0. The van der Waals surface area contributed by atoms with Crippen LogP contribution in [0.25, 0.3) is 0 Å². The molecule has 0 aromatic carbocycles. The maximum absolute atomic E-state index is 12.3. The van der Waals surface area contributed by atoms with Crippen LogP contribution < -0.4 is 5.73 Å². The second-order valence-corrected chi connectivity index (χ2v) is 6.55. The van der Waals surface area contributed by atoms with Crippen LogP contribution in [-0.4, -0.2) is 79.5 Å². The van der Waals surface area contributed by atoms with Gasteiger partial charge >= 0.3 is 0 Å². The van der Waals surface area contributed by atoms with Crippen LogP contribution in [0.2, 0.25) is 0 Å². The first-order valence-corrected chi connectivity index (χ1v) is 8.25. The first-order chi connectivity index (χ1) is 9.90. The van der Waals surface area contributed by atoms with Crippen LogP contribution >= 0.6 is 0 Å². The Labute approximate surface area is 130 Å². The van der Waals surface area contributed by atoms with Gasteiger partial charge in [-0.3, -0.25) is 9.69 Å². The number of nitrogens with two attached hydrogens (primary N) is 1. The highest BCUT2D eigenvalue weighted by molar-refractivity contribution is 5.76. The summed E-state index contributed by atoms with van der Waals surface area (Å²) in [6.07, 6.45) is 4.31. The van der Waals surface area contributed by atoms with Crippen molar-refractivity contribution in [2.45, 2.75) is 51.1 Å². The molecule has 1 aliphatic carbocycles. The Morgan fingerprint density at radius 2 is 1.76 bits per heavy atom. The zero-order valence-electron chi connectivity index (χ0n) is 14.6. The van der Waals surface area contributed by atoms with Crippen LogP contribution in [0.4, 0.5) is 0 Å². The van der Waals surface area contributed by atoms with Gasteiger partial charge < -0.3 is 15.5 Å². The van der Waals surface area contributed by atoms with Gasteiger partial charge in [0.1, 0.15) is 0 Å². The molecule has 1 rings (SSSR count). The summed E-state index contributed by atoms with van der Waals surface area (Å²) in [4.78, 5) is 18.8. The summed E-state index contributed by atoms with van der Waals surface area (Å²) in [5.41, 5.74) is 6.21. The van der Waals surface area contributed by atoms with E-state index >= 15 is 0 Å². The number of carbonyl (C=O) groups excluding carboxylic acids is 1. The monoisotopic (exact) mass is 298 g/mol. The number of nitrogens with zero attached hydrogens (tertiary/aromatic N) is 3. The molecule has 0 spiro atoms. The summed E-state index contributed by atoms with van der Waals surface area (Å²) in [5.74, 6) is 0.217. The largest absolute Gasteiger partial charge is 0.343 e. The van der Waals surface area contributed by atoms with Crippen molar-refractivity contribution in [1.29, 1.82) is 0 Å². The molecular formula is C16H34N4O. The van der Waals surface area contributed by atoms with E-state index in [1.54, 1.807) is 0 Å². The normalized spacial score (nSPS) is 18.7. The maximum Gasteiger partial charge on any atom is 0.224 e. The first-order valence-electron chi connectivity index (χ1n) is 8.25. The molecule has 1 unspecified atom stereocenters. The van der Waals surface area contributed by atoms with Crippen LogP contribution in [0.1, 0.15) is 39.5 Å². The zero-order valence-corrected chi connectivity index (χ0v) is 14.6. The Kier molecular flexibility index (Phi) is 7.10.